The molecule has 1 aliphatic heterocycles. The van der Waals surface area contributed by atoms with Crippen molar-refractivity contribution < 1.29 is 5.11 Å². The summed E-state index contributed by atoms with van der Waals surface area (Å²) >= 11 is 0. The molecular formula is C11H18N4O2. The summed E-state index contributed by atoms with van der Waals surface area (Å²) in [4.78, 5) is 11.8. The molecule has 2 fully saturated rings. The molecule has 0 unspecified atom stereocenters. The first-order chi connectivity index (χ1) is 8.25. The zero-order valence-corrected chi connectivity index (χ0v) is 9.72. The van der Waals surface area contributed by atoms with E-state index in [0.717, 1.165) is 18.7 Å². The molecule has 1 aromatic heterocycles. The van der Waals surface area contributed by atoms with Crippen molar-refractivity contribution in [2.75, 3.05) is 6.54 Å². The molecule has 94 valence electrons. The number of nitrogens with one attached hydrogen (secondary N) is 2. The van der Waals surface area contributed by atoms with Gasteiger partial charge in [0.25, 0.3) is 0 Å². The fourth-order valence-electron chi connectivity index (χ4n) is 2.99. The average Bonchev–Trinajstić information content (AvgIpc) is 2.97. The maximum Gasteiger partial charge on any atom is 0.343 e. The lowest BCUT2D eigenvalue weighted by Crippen LogP contribution is -2.26. The molecule has 0 spiro atoms. The molecule has 2 atom stereocenters. The Morgan fingerprint density at radius 1 is 1.35 bits per heavy atom. The molecule has 0 radical (unpaired) electrons. The molecule has 2 heterocycles. The first kappa shape index (κ1) is 11.0. The first-order valence-electron chi connectivity index (χ1n) is 6.34. The van der Waals surface area contributed by atoms with E-state index in [0.29, 0.717) is 13.0 Å². The van der Waals surface area contributed by atoms with Crippen molar-refractivity contribution >= 4 is 0 Å². The van der Waals surface area contributed by atoms with Crippen LogP contribution in [0, 0.1) is 0 Å². The molecule has 1 saturated heterocycles. The van der Waals surface area contributed by atoms with Crippen LogP contribution >= 0.6 is 0 Å². The monoisotopic (exact) mass is 238 g/mol. The number of hydrogen-bond acceptors (Lipinski definition) is 4. The van der Waals surface area contributed by atoms with Crippen molar-refractivity contribution in [3.8, 4) is 0 Å². The number of aromatic nitrogens is 3. The van der Waals surface area contributed by atoms with E-state index >= 15 is 0 Å². The van der Waals surface area contributed by atoms with Crippen LogP contribution in [-0.2, 0) is 0 Å². The van der Waals surface area contributed by atoms with Gasteiger partial charge in [-0.05, 0) is 19.3 Å². The second-order valence-electron chi connectivity index (χ2n) is 5.05. The van der Waals surface area contributed by atoms with Crippen LogP contribution in [-0.4, -0.2) is 32.5 Å². The summed E-state index contributed by atoms with van der Waals surface area (Å²) in [6, 6.07) is 0.292. The van der Waals surface area contributed by atoms with Crippen LogP contribution < -0.4 is 11.0 Å². The van der Waals surface area contributed by atoms with Gasteiger partial charge in [0.15, 0.2) is 5.82 Å². The van der Waals surface area contributed by atoms with E-state index in [1.807, 2.05) is 0 Å². The molecule has 17 heavy (non-hydrogen) atoms. The largest absolute Gasteiger partial charge is 0.392 e. The number of β-amino-alcohol motifs (C(OH)–C–C–N with tert-alkyl or cyclic N) is 1. The molecule has 6 nitrogen and oxygen atoms in total. The fraction of sp³-hybridized carbons (Fsp3) is 0.818. The van der Waals surface area contributed by atoms with Crippen molar-refractivity contribution in [1.82, 2.24) is 20.1 Å². The maximum atomic E-state index is 11.8. The molecule has 1 saturated carbocycles. The van der Waals surface area contributed by atoms with Gasteiger partial charge in [-0.2, -0.15) is 5.10 Å². The Hall–Kier alpha value is -1.14. The highest BCUT2D eigenvalue weighted by Crippen LogP contribution is 2.31. The number of H-pyrrole nitrogens is 1. The van der Waals surface area contributed by atoms with Gasteiger partial charge in [0.1, 0.15) is 0 Å². The summed E-state index contributed by atoms with van der Waals surface area (Å²) in [5, 5.41) is 19.4. The van der Waals surface area contributed by atoms with E-state index in [9.17, 15) is 9.90 Å². The van der Waals surface area contributed by atoms with Gasteiger partial charge in [-0.1, -0.05) is 12.8 Å². The summed E-state index contributed by atoms with van der Waals surface area (Å²) in [7, 11) is 0. The van der Waals surface area contributed by atoms with Gasteiger partial charge in [-0.3, -0.25) is 4.57 Å². The van der Waals surface area contributed by atoms with Gasteiger partial charge in [0.05, 0.1) is 12.1 Å². The summed E-state index contributed by atoms with van der Waals surface area (Å²) < 4.78 is 1.79. The number of hydrogen-bond donors (Lipinski definition) is 3. The molecule has 1 aromatic rings. The molecule has 3 N–H and O–H groups in total. The maximum absolute atomic E-state index is 11.8. The normalized spacial score (nSPS) is 30.2. The summed E-state index contributed by atoms with van der Waals surface area (Å²) in [5.41, 5.74) is -0.116. The Bertz CT molecular complexity index is 447. The second kappa shape index (κ2) is 4.27. The molecule has 0 aromatic carbocycles. The molecule has 0 amide bonds. The smallest absolute Gasteiger partial charge is 0.343 e. The first-order valence-corrected chi connectivity index (χ1v) is 6.34. The zero-order valence-electron chi connectivity index (χ0n) is 9.72. The molecule has 6 heteroatoms. The molecule has 2 aliphatic rings. The van der Waals surface area contributed by atoms with Gasteiger partial charge in [-0.15, -0.1) is 0 Å². The minimum absolute atomic E-state index is 0.00421. The number of aliphatic hydroxyl groups is 1. The second-order valence-corrected chi connectivity index (χ2v) is 5.05. The van der Waals surface area contributed by atoms with Crippen LogP contribution in [0.1, 0.15) is 50.0 Å². The highest BCUT2D eigenvalue weighted by molar-refractivity contribution is 5.02. The highest BCUT2D eigenvalue weighted by atomic mass is 16.3. The molecule has 3 rings (SSSR count). The van der Waals surface area contributed by atoms with E-state index in [-0.39, 0.29) is 23.9 Å². The lowest BCUT2D eigenvalue weighted by atomic mass is 10.1. The van der Waals surface area contributed by atoms with Crippen LogP contribution in [0.2, 0.25) is 0 Å². The standard InChI is InChI=1S/C11H18N4O2/c16-8-5-9(12-6-8)10-13-14-11(17)15(10)7-3-1-2-4-7/h7-9,12,16H,1-6H2,(H,14,17)/t8-,9+/m1/s1. The molecule has 0 bridgehead atoms. The van der Waals surface area contributed by atoms with E-state index in [2.05, 4.69) is 15.5 Å². The van der Waals surface area contributed by atoms with Crippen molar-refractivity contribution in [2.24, 2.45) is 0 Å². The van der Waals surface area contributed by atoms with Gasteiger partial charge >= 0.3 is 5.69 Å². The van der Waals surface area contributed by atoms with Crippen molar-refractivity contribution in [3.63, 3.8) is 0 Å². The van der Waals surface area contributed by atoms with Crippen molar-refractivity contribution in [2.45, 2.75) is 50.3 Å². The van der Waals surface area contributed by atoms with Crippen molar-refractivity contribution in [3.05, 3.63) is 16.3 Å². The summed E-state index contributed by atoms with van der Waals surface area (Å²) in [6.07, 6.45) is 4.79. The number of nitrogens with zero attached hydrogens (tertiary/aromatic N) is 2. The number of aromatic amines is 1. The van der Waals surface area contributed by atoms with E-state index in [1.54, 1.807) is 4.57 Å². The third-order valence-corrected chi connectivity index (χ3v) is 3.84. The Morgan fingerprint density at radius 2 is 2.12 bits per heavy atom. The predicted molar refractivity (Wildman–Crippen MR) is 61.7 cm³/mol. The fourth-order valence-corrected chi connectivity index (χ4v) is 2.99. The van der Waals surface area contributed by atoms with Crippen LogP contribution in [0.5, 0.6) is 0 Å². The van der Waals surface area contributed by atoms with Gasteiger partial charge in [-0.25, -0.2) is 9.89 Å². The topological polar surface area (TPSA) is 82.9 Å². The predicted octanol–water partition coefficient (Wildman–Crippen LogP) is 0.0818. The Balaban J connectivity index is 1.91. The van der Waals surface area contributed by atoms with E-state index in [4.69, 9.17) is 0 Å². The van der Waals surface area contributed by atoms with Crippen LogP contribution in [0.25, 0.3) is 0 Å². The summed E-state index contributed by atoms with van der Waals surface area (Å²) in [6.45, 7) is 0.580. The quantitative estimate of drug-likeness (QED) is 0.681. The lowest BCUT2D eigenvalue weighted by molar-refractivity contribution is 0.192. The molecular weight excluding hydrogens is 220 g/mol. The van der Waals surface area contributed by atoms with Crippen molar-refractivity contribution in [1.29, 1.82) is 0 Å². The van der Waals surface area contributed by atoms with Gasteiger partial charge in [0, 0.05) is 12.6 Å². The van der Waals surface area contributed by atoms with Gasteiger partial charge in [0.2, 0.25) is 0 Å². The molecule has 1 aliphatic carbocycles. The van der Waals surface area contributed by atoms with E-state index in [1.165, 1.54) is 12.8 Å². The highest BCUT2D eigenvalue weighted by Gasteiger charge is 2.31. The lowest BCUT2D eigenvalue weighted by Gasteiger charge is -2.16. The van der Waals surface area contributed by atoms with E-state index < -0.39 is 0 Å². The average molecular weight is 238 g/mol. The Kier molecular flexibility index (Phi) is 2.76. The van der Waals surface area contributed by atoms with Crippen LogP contribution in [0.3, 0.4) is 0 Å². The SMILES string of the molecule is O=c1[nH]nc([C@@H]2C[C@@H](O)CN2)n1C1CCCC1. The Morgan fingerprint density at radius 3 is 2.76 bits per heavy atom. The Labute approximate surface area is 99.0 Å². The third kappa shape index (κ3) is 1.91. The zero-order chi connectivity index (χ0) is 11.8. The van der Waals surface area contributed by atoms with Crippen LogP contribution in [0.15, 0.2) is 4.79 Å². The minimum Gasteiger partial charge on any atom is -0.392 e. The van der Waals surface area contributed by atoms with Crippen LogP contribution in [0.4, 0.5) is 0 Å². The third-order valence-electron chi connectivity index (χ3n) is 3.84. The number of rotatable bonds is 2. The minimum atomic E-state index is -0.330. The summed E-state index contributed by atoms with van der Waals surface area (Å²) in [5.74, 6) is 0.762. The number of aliphatic hydroxyl groups excluding tert-OH is 1. The van der Waals surface area contributed by atoms with Gasteiger partial charge < -0.3 is 10.4 Å².